The summed E-state index contributed by atoms with van der Waals surface area (Å²) in [5.74, 6) is -2.04. The molecule has 0 radical (unpaired) electrons. The molecule has 2 aromatic rings. The SMILES string of the molecule is COC(=O)c1ccc(Cl)c(NC(=O)c2cc(Cl)ccc2F)c1. The van der Waals surface area contributed by atoms with Crippen LogP contribution in [0.2, 0.25) is 10.0 Å². The molecule has 0 saturated heterocycles. The number of benzene rings is 2. The number of amides is 1. The maximum atomic E-state index is 13.7. The summed E-state index contributed by atoms with van der Waals surface area (Å²) in [6.07, 6.45) is 0. The van der Waals surface area contributed by atoms with Crippen molar-refractivity contribution in [2.45, 2.75) is 0 Å². The molecule has 114 valence electrons. The lowest BCUT2D eigenvalue weighted by molar-refractivity contribution is 0.0600. The molecule has 0 aliphatic rings. The largest absolute Gasteiger partial charge is 0.465 e. The molecule has 2 rings (SSSR count). The average molecular weight is 342 g/mol. The Balaban J connectivity index is 2.32. The fourth-order valence-electron chi connectivity index (χ4n) is 1.73. The first-order valence-corrected chi connectivity index (χ1v) is 6.82. The number of anilines is 1. The molecule has 0 fully saturated rings. The van der Waals surface area contributed by atoms with Crippen molar-refractivity contribution in [3.8, 4) is 0 Å². The quantitative estimate of drug-likeness (QED) is 0.852. The Hall–Kier alpha value is -2.11. The van der Waals surface area contributed by atoms with Crippen LogP contribution in [0.4, 0.5) is 10.1 Å². The highest BCUT2D eigenvalue weighted by molar-refractivity contribution is 6.34. The molecule has 2 aromatic carbocycles. The van der Waals surface area contributed by atoms with Gasteiger partial charge in [0, 0.05) is 5.02 Å². The Morgan fingerprint density at radius 2 is 1.86 bits per heavy atom. The number of carbonyl (C=O) groups is 2. The molecule has 4 nitrogen and oxygen atoms in total. The van der Waals surface area contributed by atoms with Crippen LogP contribution in [0.3, 0.4) is 0 Å². The average Bonchev–Trinajstić information content (AvgIpc) is 2.50. The highest BCUT2D eigenvalue weighted by Crippen LogP contribution is 2.25. The van der Waals surface area contributed by atoms with E-state index in [0.29, 0.717) is 0 Å². The second kappa shape index (κ2) is 6.77. The predicted octanol–water partition coefficient (Wildman–Crippen LogP) is 4.17. The van der Waals surface area contributed by atoms with E-state index in [2.05, 4.69) is 10.1 Å². The second-order valence-corrected chi connectivity index (χ2v) is 5.11. The number of esters is 1. The van der Waals surface area contributed by atoms with Crippen LogP contribution in [-0.4, -0.2) is 19.0 Å². The minimum atomic E-state index is -0.732. The normalized spacial score (nSPS) is 10.2. The van der Waals surface area contributed by atoms with E-state index < -0.39 is 17.7 Å². The van der Waals surface area contributed by atoms with Gasteiger partial charge in [0.1, 0.15) is 5.82 Å². The highest BCUT2D eigenvalue weighted by Gasteiger charge is 2.15. The number of carbonyl (C=O) groups excluding carboxylic acids is 2. The topological polar surface area (TPSA) is 55.4 Å². The minimum Gasteiger partial charge on any atom is -0.465 e. The Labute approximate surface area is 135 Å². The number of rotatable bonds is 3. The van der Waals surface area contributed by atoms with Crippen molar-refractivity contribution in [2.75, 3.05) is 12.4 Å². The van der Waals surface area contributed by atoms with Gasteiger partial charge in [-0.15, -0.1) is 0 Å². The van der Waals surface area contributed by atoms with Gasteiger partial charge in [0.25, 0.3) is 5.91 Å². The standard InChI is InChI=1S/C15H10Cl2FNO3/c1-22-15(21)8-2-4-11(17)13(6-8)19-14(20)10-7-9(16)3-5-12(10)18/h2-7H,1H3,(H,19,20). The zero-order valence-electron chi connectivity index (χ0n) is 11.3. The Morgan fingerprint density at radius 3 is 2.55 bits per heavy atom. The van der Waals surface area contributed by atoms with Crippen molar-refractivity contribution in [3.05, 3.63) is 63.4 Å². The van der Waals surface area contributed by atoms with Crippen molar-refractivity contribution in [1.29, 1.82) is 0 Å². The summed E-state index contributed by atoms with van der Waals surface area (Å²) in [6.45, 7) is 0. The van der Waals surface area contributed by atoms with Crippen LogP contribution < -0.4 is 5.32 Å². The molecule has 0 aliphatic heterocycles. The van der Waals surface area contributed by atoms with Crippen LogP contribution in [0.1, 0.15) is 20.7 Å². The minimum absolute atomic E-state index is 0.161. The van der Waals surface area contributed by atoms with E-state index in [1.54, 1.807) is 0 Å². The molecule has 0 aliphatic carbocycles. The summed E-state index contributed by atoms with van der Waals surface area (Å²) in [5.41, 5.74) is 0.134. The molecule has 0 heterocycles. The summed E-state index contributed by atoms with van der Waals surface area (Å²) in [5, 5.41) is 2.86. The van der Waals surface area contributed by atoms with Gasteiger partial charge in [-0.25, -0.2) is 9.18 Å². The van der Waals surface area contributed by atoms with Crippen LogP contribution in [-0.2, 0) is 4.74 Å². The Kier molecular flexibility index (Phi) is 5.00. The van der Waals surface area contributed by atoms with Gasteiger partial charge in [0.15, 0.2) is 0 Å². The van der Waals surface area contributed by atoms with Crippen LogP contribution in [0.5, 0.6) is 0 Å². The lowest BCUT2D eigenvalue weighted by atomic mass is 10.1. The molecule has 0 unspecified atom stereocenters. The lowest BCUT2D eigenvalue weighted by Crippen LogP contribution is -2.14. The zero-order valence-corrected chi connectivity index (χ0v) is 12.8. The lowest BCUT2D eigenvalue weighted by Gasteiger charge is -2.09. The van der Waals surface area contributed by atoms with Crippen LogP contribution in [0, 0.1) is 5.82 Å². The van der Waals surface area contributed by atoms with Crippen LogP contribution in [0.25, 0.3) is 0 Å². The van der Waals surface area contributed by atoms with E-state index >= 15 is 0 Å². The molecule has 7 heteroatoms. The van der Waals surface area contributed by atoms with Crippen molar-refractivity contribution >= 4 is 40.8 Å². The number of methoxy groups -OCH3 is 1. The molecule has 0 spiro atoms. The maximum Gasteiger partial charge on any atom is 0.337 e. The molecule has 1 amide bonds. The van der Waals surface area contributed by atoms with Crippen LogP contribution >= 0.6 is 23.2 Å². The molecule has 1 N–H and O–H groups in total. The van der Waals surface area contributed by atoms with E-state index in [1.165, 1.54) is 37.4 Å². The number of ether oxygens (including phenoxy) is 1. The van der Waals surface area contributed by atoms with E-state index in [0.717, 1.165) is 6.07 Å². The van der Waals surface area contributed by atoms with E-state index in [-0.39, 0.29) is 26.9 Å². The zero-order chi connectivity index (χ0) is 16.3. The molecule has 0 bridgehead atoms. The van der Waals surface area contributed by atoms with Gasteiger partial charge in [-0.2, -0.15) is 0 Å². The number of halogens is 3. The maximum absolute atomic E-state index is 13.7. The second-order valence-electron chi connectivity index (χ2n) is 4.26. The van der Waals surface area contributed by atoms with E-state index in [9.17, 15) is 14.0 Å². The van der Waals surface area contributed by atoms with Crippen molar-refractivity contribution in [3.63, 3.8) is 0 Å². The van der Waals surface area contributed by atoms with Crippen LogP contribution in [0.15, 0.2) is 36.4 Å². The number of hydrogen-bond donors (Lipinski definition) is 1. The molecule has 22 heavy (non-hydrogen) atoms. The first kappa shape index (κ1) is 16.3. The highest BCUT2D eigenvalue weighted by atomic mass is 35.5. The third-order valence-corrected chi connectivity index (χ3v) is 3.37. The first-order valence-electron chi connectivity index (χ1n) is 6.06. The molecule has 0 atom stereocenters. The summed E-state index contributed by atoms with van der Waals surface area (Å²) >= 11 is 11.7. The van der Waals surface area contributed by atoms with E-state index in [1.807, 2.05) is 0 Å². The van der Waals surface area contributed by atoms with Gasteiger partial charge >= 0.3 is 5.97 Å². The molecule has 0 saturated carbocycles. The fourth-order valence-corrected chi connectivity index (χ4v) is 2.06. The summed E-state index contributed by atoms with van der Waals surface area (Å²) < 4.78 is 18.2. The van der Waals surface area contributed by atoms with Crippen molar-refractivity contribution in [1.82, 2.24) is 0 Å². The fraction of sp³-hybridized carbons (Fsp3) is 0.0667. The van der Waals surface area contributed by atoms with Gasteiger partial charge in [-0.05, 0) is 36.4 Å². The third-order valence-electron chi connectivity index (χ3n) is 2.81. The number of hydrogen-bond acceptors (Lipinski definition) is 3. The third kappa shape index (κ3) is 3.55. The predicted molar refractivity (Wildman–Crippen MR) is 82.2 cm³/mol. The first-order chi connectivity index (χ1) is 10.4. The Morgan fingerprint density at radius 1 is 1.14 bits per heavy atom. The molecule has 0 aromatic heterocycles. The summed E-state index contributed by atoms with van der Waals surface area (Å²) in [7, 11) is 1.23. The van der Waals surface area contributed by atoms with Crippen molar-refractivity contribution in [2.24, 2.45) is 0 Å². The van der Waals surface area contributed by atoms with Gasteiger partial charge in [0.2, 0.25) is 0 Å². The van der Waals surface area contributed by atoms with Gasteiger partial charge in [-0.1, -0.05) is 23.2 Å². The molecular weight excluding hydrogens is 332 g/mol. The monoisotopic (exact) mass is 341 g/mol. The van der Waals surface area contributed by atoms with Gasteiger partial charge < -0.3 is 10.1 Å². The summed E-state index contributed by atoms with van der Waals surface area (Å²) in [4.78, 5) is 23.6. The smallest absolute Gasteiger partial charge is 0.337 e. The van der Waals surface area contributed by atoms with Gasteiger partial charge in [0.05, 0.1) is 28.9 Å². The summed E-state index contributed by atoms with van der Waals surface area (Å²) in [6, 6.07) is 7.84. The number of nitrogens with one attached hydrogen (secondary N) is 1. The molecular formula is C15H10Cl2FNO3. The van der Waals surface area contributed by atoms with Gasteiger partial charge in [-0.3, -0.25) is 4.79 Å². The van der Waals surface area contributed by atoms with Crippen molar-refractivity contribution < 1.29 is 18.7 Å². The van der Waals surface area contributed by atoms with E-state index in [4.69, 9.17) is 23.2 Å². The Bertz CT molecular complexity index is 750.